The second kappa shape index (κ2) is 7.41. The molecular weight excluding hydrogens is 273 g/mol. The minimum Gasteiger partial charge on any atom is -0.415 e. The van der Waals surface area contributed by atoms with Crippen molar-refractivity contribution in [3.8, 4) is 0 Å². The summed E-state index contributed by atoms with van der Waals surface area (Å²) < 4.78 is 18.3. The van der Waals surface area contributed by atoms with Gasteiger partial charge in [0.25, 0.3) is 0 Å². The Bertz CT molecular complexity index is 454. The third-order valence-corrected chi connectivity index (χ3v) is 3.72. The molecule has 21 heavy (non-hydrogen) atoms. The third kappa shape index (κ3) is 3.94. The van der Waals surface area contributed by atoms with Gasteiger partial charge in [0.05, 0.1) is 12.1 Å². The Kier molecular flexibility index (Phi) is 5.56. The molecule has 1 aromatic rings. The van der Waals surface area contributed by atoms with Crippen LogP contribution in [0.1, 0.15) is 44.2 Å². The molecule has 1 aromatic carbocycles. The minimum atomic E-state index is -1.59. The van der Waals surface area contributed by atoms with E-state index in [1.165, 1.54) is 4.90 Å². The Morgan fingerprint density at radius 2 is 2.19 bits per heavy atom. The van der Waals surface area contributed by atoms with Gasteiger partial charge in [-0.15, -0.1) is 0 Å². The van der Waals surface area contributed by atoms with Crippen LogP contribution in [-0.4, -0.2) is 35.1 Å². The second-order valence-electron chi connectivity index (χ2n) is 5.34. The van der Waals surface area contributed by atoms with Crippen molar-refractivity contribution in [2.24, 2.45) is 0 Å². The zero-order valence-corrected chi connectivity index (χ0v) is 12.2. The van der Waals surface area contributed by atoms with Gasteiger partial charge < -0.3 is 9.84 Å². The zero-order valence-electron chi connectivity index (χ0n) is 12.2. The molecule has 1 heterocycles. The Labute approximate surface area is 124 Å². The van der Waals surface area contributed by atoms with Gasteiger partial charge in [-0.3, -0.25) is 4.90 Å². The second-order valence-corrected chi connectivity index (χ2v) is 5.34. The van der Waals surface area contributed by atoms with Crippen LogP contribution in [0.3, 0.4) is 0 Å². The predicted octanol–water partition coefficient (Wildman–Crippen LogP) is 3.42. The first kappa shape index (κ1) is 15.8. The summed E-state index contributed by atoms with van der Waals surface area (Å²) in [6.45, 7) is 2.30. The molecule has 1 saturated heterocycles. The van der Waals surface area contributed by atoms with Gasteiger partial charge in [0.15, 0.2) is 0 Å². The van der Waals surface area contributed by atoms with Gasteiger partial charge in [0.1, 0.15) is 0 Å². The van der Waals surface area contributed by atoms with E-state index in [4.69, 9.17) is 4.74 Å². The molecule has 116 valence electrons. The van der Waals surface area contributed by atoms with Crippen LogP contribution in [0.15, 0.2) is 30.3 Å². The fraction of sp³-hybridized carbons (Fsp3) is 0.562. The summed E-state index contributed by atoms with van der Waals surface area (Å²) >= 11 is 0. The first-order valence-corrected chi connectivity index (χ1v) is 7.47. The molecule has 1 fully saturated rings. The number of carbonyl (C=O) groups is 1. The van der Waals surface area contributed by atoms with Crippen LogP contribution in [-0.2, 0) is 4.74 Å². The highest BCUT2D eigenvalue weighted by atomic mass is 19.1. The molecule has 1 aliphatic heterocycles. The molecule has 2 rings (SSSR count). The molecule has 0 aliphatic carbocycles. The van der Waals surface area contributed by atoms with E-state index < -0.39 is 24.6 Å². The maximum atomic E-state index is 13.5. The van der Waals surface area contributed by atoms with Crippen molar-refractivity contribution in [2.75, 3.05) is 6.54 Å². The fourth-order valence-electron chi connectivity index (χ4n) is 2.70. The lowest BCUT2D eigenvalue weighted by molar-refractivity contribution is -0.0415. The number of likely N-dealkylation sites (tertiary alicyclic amines) is 1. The first-order chi connectivity index (χ1) is 10.1. The molecule has 1 N–H and O–H groups in total. The molecule has 1 amide bonds. The Balaban J connectivity index is 2.13. The number of alkyl halides is 1. The largest absolute Gasteiger partial charge is 0.415 e. The van der Waals surface area contributed by atoms with Crippen molar-refractivity contribution in [2.45, 2.75) is 51.1 Å². The number of amides is 1. The van der Waals surface area contributed by atoms with E-state index in [0.717, 1.165) is 5.56 Å². The van der Waals surface area contributed by atoms with Crippen molar-refractivity contribution in [3.63, 3.8) is 0 Å². The van der Waals surface area contributed by atoms with Crippen LogP contribution in [0.25, 0.3) is 0 Å². The molecule has 4 nitrogen and oxygen atoms in total. The highest BCUT2D eigenvalue weighted by Crippen LogP contribution is 2.32. The number of aliphatic hydroxyl groups is 1. The highest BCUT2D eigenvalue weighted by Gasteiger charge is 2.36. The standard InChI is InChI=1S/C16H22FNO3/c1-2-7-14(17)21-16(20)18-11-6-10-13(19)15(18)12-8-4-3-5-9-12/h3-5,8-9,13-15,19H,2,6-7,10-11H2,1H3. The molecule has 0 bridgehead atoms. The summed E-state index contributed by atoms with van der Waals surface area (Å²) in [4.78, 5) is 13.6. The van der Waals surface area contributed by atoms with Crippen LogP contribution >= 0.6 is 0 Å². The van der Waals surface area contributed by atoms with Crippen LogP contribution < -0.4 is 0 Å². The van der Waals surface area contributed by atoms with Gasteiger partial charge in [-0.2, -0.15) is 0 Å². The van der Waals surface area contributed by atoms with Gasteiger partial charge in [0, 0.05) is 13.0 Å². The number of aliphatic hydroxyl groups excluding tert-OH is 1. The van der Waals surface area contributed by atoms with Gasteiger partial charge in [-0.1, -0.05) is 37.3 Å². The van der Waals surface area contributed by atoms with Crippen molar-refractivity contribution in [1.29, 1.82) is 0 Å². The smallest absolute Gasteiger partial charge is 0.412 e. The van der Waals surface area contributed by atoms with E-state index in [0.29, 0.717) is 25.8 Å². The monoisotopic (exact) mass is 295 g/mol. The number of nitrogens with zero attached hydrogens (tertiary/aromatic N) is 1. The van der Waals surface area contributed by atoms with Crippen molar-refractivity contribution in [3.05, 3.63) is 35.9 Å². The Hall–Kier alpha value is -1.62. The predicted molar refractivity (Wildman–Crippen MR) is 77.4 cm³/mol. The quantitative estimate of drug-likeness (QED) is 0.926. The maximum Gasteiger partial charge on any atom is 0.412 e. The van der Waals surface area contributed by atoms with Crippen molar-refractivity contribution < 1.29 is 19.0 Å². The third-order valence-electron chi connectivity index (χ3n) is 3.72. The van der Waals surface area contributed by atoms with E-state index in [2.05, 4.69) is 0 Å². The number of carbonyl (C=O) groups excluding carboxylic acids is 1. The number of piperidine rings is 1. The maximum absolute atomic E-state index is 13.5. The molecule has 0 aromatic heterocycles. The summed E-state index contributed by atoms with van der Waals surface area (Å²) in [6.07, 6.45) is -0.821. The molecule has 3 unspecified atom stereocenters. The molecule has 3 atom stereocenters. The molecular formula is C16H22FNO3. The summed E-state index contributed by atoms with van der Waals surface area (Å²) in [6, 6.07) is 8.84. The summed E-state index contributed by atoms with van der Waals surface area (Å²) in [5.74, 6) is 0. The van der Waals surface area contributed by atoms with Crippen molar-refractivity contribution >= 4 is 6.09 Å². The van der Waals surface area contributed by atoms with Crippen LogP contribution in [0.4, 0.5) is 9.18 Å². The lowest BCUT2D eigenvalue weighted by Gasteiger charge is -2.38. The number of hydrogen-bond donors (Lipinski definition) is 1. The van der Waals surface area contributed by atoms with Gasteiger partial charge in [-0.25, -0.2) is 9.18 Å². The summed E-state index contributed by atoms with van der Waals surface area (Å²) in [5.41, 5.74) is 0.840. The number of benzene rings is 1. The van der Waals surface area contributed by atoms with Crippen LogP contribution in [0.2, 0.25) is 0 Å². The molecule has 0 spiro atoms. The van der Waals surface area contributed by atoms with Gasteiger partial charge >= 0.3 is 6.09 Å². The summed E-state index contributed by atoms with van der Waals surface area (Å²) in [5, 5.41) is 10.2. The van der Waals surface area contributed by atoms with E-state index in [1.54, 1.807) is 0 Å². The average molecular weight is 295 g/mol. The lowest BCUT2D eigenvalue weighted by atomic mass is 9.93. The Morgan fingerprint density at radius 1 is 1.48 bits per heavy atom. The molecule has 1 aliphatic rings. The van der Waals surface area contributed by atoms with E-state index in [-0.39, 0.29) is 6.42 Å². The number of rotatable bonds is 4. The average Bonchev–Trinajstić information content (AvgIpc) is 2.48. The van der Waals surface area contributed by atoms with Gasteiger partial charge in [-0.05, 0) is 24.8 Å². The van der Waals surface area contributed by atoms with Crippen molar-refractivity contribution in [1.82, 2.24) is 4.90 Å². The topological polar surface area (TPSA) is 49.8 Å². The minimum absolute atomic E-state index is 0.193. The fourth-order valence-corrected chi connectivity index (χ4v) is 2.70. The number of ether oxygens (including phenoxy) is 1. The normalized spacial score (nSPS) is 23.7. The SMILES string of the molecule is CCCC(F)OC(=O)N1CCCC(O)C1c1ccccc1. The highest BCUT2D eigenvalue weighted by molar-refractivity contribution is 5.68. The zero-order chi connectivity index (χ0) is 15.2. The van der Waals surface area contributed by atoms with Crippen LogP contribution in [0.5, 0.6) is 0 Å². The van der Waals surface area contributed by atoms with Crippen LogP contribution in [0, 0.1) is 0 Å². The first-order valence-electron chi connectivity index (χ1n) is 7.47. The number of halogens is 1. The van der Waals surface area contributed by atoms with E-state index >= 15 is 0 Å². The van der Waals surface area contributed by atoms with E-state index in [1.807, 2.05) is 37.3 Å². The molecule has 5 heteroatoms. The molecule has 0 saturated carbocycles. The molecule has 0 radical (unpaired) electrons. The summed E-state index contributed by atoms with van der Waals surface area (Å²) in [7, 11) is 0. The number of hydrogen-bond acceptors (Lipinski definition) is 3. The Morgan fingerprint density at radius 3 is 2.86 bits per heavy atom. The van der Waals surface area contributed by atoms with Gasteiger partial charge in [0.2, 0.25) is 6.36 Å². The lowest BCUT2D eigenvalue weighted by Crippen LogP contribution is -2.46. The van der Waals surface area contributed by atoms with E-state index in [9.17, 15) is 14.3 Å².